The van der Waals surface area contributed by atoms with Crippen LogP contribution in [0.15, 0.2) is 52.9 Å². The highest BCUT2D eigenvalue weighted by Gasteiger charge is 2.09. The molecule has 0 unspecified atom stereocenters. The molecule has 0 atom stereocenters. The summed E-state index contributed by atoms with van der Waals surface area (Å²) in [5.74, 6) is 0.521. The van der Waals surface area contributed by atoms with Crippen molar-refractivity contribution in [3.8, 4) is 11.5 Å². The topological polar surface area (TPSA) is 77.2 Å². The first kappa shape index (κ1) is 16.0. The van der Waals surface area contributed by atoms with Gasteiger partial charge in [0.15, 0.2) is 0 Å². The molecule has 1 heterocycles. The van der Waals surface area contributed by atoms with Gasteiger partial charge < -0.3 is 14.5 Å². The average Bonchev–Trinajstić information content (AvgIpc) is 3.09. The first-order valence-electron chi connectivity index (χ1n) is 7.16. The van der Waals surface area contributed by atoms with Crippen molar-refractivity contribution in [3.05, 3.63) is 65.0 Å². The average molecular weight is 344 g/mol. The quantitative estimate of drug-likeness (QED) is 0.710. The summed E-state index contributed by atoms with van der Waals surface area (Å²) in [6.07, 6.45) is 0. The molecule has 0 aliphatic heterocycles. The normalized spacial score (nSPS) is 10.4. The number of benzene rings is 2. The van der Waals surface area contributed by atoms with Gasteiger partial charge in [0, 0.05) is 16.3 Å². The van der Waals surface area contributed by atoms with Gasteiger partial charge in [-0.15, -0.1) is 10.2 Å². The Labute approximate surface area is 143 Å². The number of rotatable bonds is 5. The van der Waals surface area contributed by atoms with E-state index in [1.807, 2.05) is 12.1 Å². The molecule has 0 bridgehead atoms. The number of methoxy groups -OCH3 is 1. The number of nitrogens with zero attached hydrogens (tertiary/aromatic N) is 2. The van der Waals surface area contributed by atoms with E-state index in [2.05, 4.69) is 20.3 Å². The van der Waals surface area contributed by atoms with E-state index in [4.69, 9.17) is 16.0 Å². The fourth-order valence-corrected chi connectivity index (χ4v) is 2.18. The van der Waals surface area contributed by atoms with E-state index in [9.17, 15) is 4.79 Å². The van der Waals surface area contributed by atoms with E-state index >= 15 is 0 Å². The van der Waals surface area contributed by atoms with Crippen molar-refractivity contribution in [1.82, 2.24) is 10.2 Å². The number of aromatic nitrogens is 2. The van der Waals surface area contributed by atoms with E-state index in [1.165, 1.54) is 7.11 Å². The minimum absolute atomic E-state index is 0.369. The summed E-state index contributed by atoms with van der Waals surface area (Å²) in [7, 11) is 1.35. The lowest BCUT2D eigenvalue weighted by Crippen LogP contribution is -2.02. The molecule has 1 aromatic heterocycles. The minimum Gasteiger partial charge on any atom is -0.465 e. The summed E-state index contributed by atoms with van der Waals surface area (Å²) in [6, 6.07) is 14.1. The summed E-state index contributed by atoms with van der Waals surface area (Å²) in [6.45, 7) is 0.373. The number of carbonyl (C=O) groups excluding carboxylic acids is 1. The molecule has 0 saturated heterocycles. The van der Waals surface area contributed by atoms with Crippen LogP contribution < -0.4 is 5.32 Å². The van der Waals surface area contributed by atoms with Crippen LogP contribution in [-0.4, -0.2) is 23.3 Å². The summed E-state index contributed by atoms with van der Waals surface area (Å²) >= 11 is 5.86. The molecule has 0 amide bonds. The SMILES string of the molecule is COC(=O)c1ccc(NCc2nnc(-c3ccc(Cl)cc3)o2)cc1. The molecule has 7 heteroatoms. The molecule has 122 valence electrons. The predicted octanol–water partition coefficient (Wildman–Crippen LogP) is 3.79. The smallest absolute Gasteiger partial charge is 0.337 e. The molecular formula is C17H14ClN3O3. The van der Waals surface area contributed by atoms with E-state index < -0.39 is 0 Å². The van der Waals surface area contributed by atoms with E-state index in [0.29, 0.717) is 28.9 Å². The lowest BCUT2D eigenvalue weighted by atomic mass is 10.2. The third-order valence-electron chi connectivity index (χ3n) is 3.31. The molecule has 0 fully saturated rings. The van der Waals surface area contributed by atoms with Crippen LogP contribution in [0.25, 0.3) is 11.5 Å². The van der Waals surface area contributed by atoms with Gasteiger partial charge in [-0.25, -0.2) is 4.79 Å². The van der Waals surface area contributed by atoms with Crippen LogP contribution in [0.5, 0.6) is 0 Å². The van der Waals surface area contributed by atoms with E-state index in [-0.39, 0.29) is 5.97 Å². The lowest BCUT2D eigenvalue weighted by Gasteiger charge is -2.04. The van der Waals surface area contributed by atoms with Crippen molar-refractivity contribution >= 4 is 23.3 Å². The van der Waals surface area contributed by atoms with Crippen LogP contribution in [0.4, 0.5) is 5.69 Å². The van der Waals surface area contributed by atoms with Crippen LogP contribution in [0.1, 0.15) is 16.2 Å². The molecule has 0 radical (unpaired) electrons. The Hall–Kier alpha value is -2.86. The van der Waals surface area contributed by atoms with Gasteiger partial charge in [0.05, 0.1) is 19.2 Å². The van der Waals surface area contributed by atoms with Gasteiger partial charge >= 0.3 is 5.97 Å². The number of hydrogen-bond acceptors (Lipinski definition) is 6. The summed E-state index contributed by atoms with van der Waals surface area (Å²) in [5, 5.41) is 11.8. The predicted molar refractivity (Wildman–Crippen MR) is 89.9 cm³/mol. The molecule has 0 spiro atoms. The molecule has 0 aliphatic carbocycles. The molecule has 3 aromatic rings. The number of nitrogens with one attached hydrogen (secondary N) is 1. The van der Waals surface area contributed by atoms with Crippen molar-refractivity contribution < 1.29 is 13.9 Å². The molecule has 24 heavy (non-hydrogen) atoms. The Bertz CT molecular complexity index is 829. The fourth-order valence-electron chi connectivity index (χ4n) is 2.05. The zero-order chi connectivity index (χ0) is 16.9. The van der Waals surface area contributed by atoms with Crippen LogP contribution in [0.3, 0.4) is 0 Å². The van der Waals surface area contributed by atoms with Crippen molar-refractivity contribution in [2.24, 2.45) is 0 Å². The van der Waals surface area contributed by atoms with E-state index in [0.717, 1.165) is 11.3 Å². The Morgan fingerprint density at radius 2 is 1.83 bits per heavy atom. The zero-order valence-corrected chi connectivity index (χ0v) is 13.6. The molecule has 1 N–H and O–H groups in total. The maximum atomic E-state index is 11.4. The number of esters is 1. The van der Waals surface area contributed by atoms with Crippen molar-refractivity contribution in [2.45, 2.75) is 6.54 Å². The maximum absolute atomic E-state index is 11.4. The van der Waals surface area contributed by atoms with Gasteiger partial charge in [0.1, 0.15) is 0 Å². The molecule has 2 aromatic carbocycles. The largest absolute Gasteiger partial charge is 0.465 e. The van der Waals surface area contributed by atoms with Crippen LogP contribution in [0, 0.1) is 0 Å². The van der Waals surface area contributed by atoms with Gasteiger partial charge in [-0.2, -0.15) is 0 Å². The molecule has 0 aliphatic rings. The van der Waals surface area contributed by atoms with Crippen LogP contribution >= 0.6 is 11.6 Å². The van der Waals surface area contributed by atoms with Gasteiger partial charge in [0.25, 0.3) is 0 Å². The molecular weight excluding hydrogens is 330 g/mol. The van der Waals surface area contributed by atoms with Gasteiger partial charge in [-0.3, -0.25) is 0 Å². The standard InChI is InChI=1S/C17H14ClN3O3/c1-23-17(22)12-4-8-14(9-5-12)19-10-15-20-21-16(24-15)11-2-6-13(18)7-3-11/h2-9,19H,10H2,1H3. The number of carbonyl (C=O) groups is 1. The zero-order valence-electron chi connectivity index (χ0n) is 12.8. The Morgan fingerprint density at radius 3 is 2.50 bits per heavy atom. The van der Waals surface area contributed by atoms with Crippen LogP contribution in [-0.2, 0) is 11.3 Å². The lowest BCUT2D eigenvalue weighted by molar-refractivity contribution is 0.0601. The van der Waals surface area contributed by atoms with Gasteiger partial charge in [-0.05, 0) is 48.5 Å². The fraction of sp³-hybridized carbons (Fsp3) is 0.118. The molecule has 6 nitrogen and oxygen atoms in total. The highest BCUT2D eigenvalue weighted by atomic mass is 35.5. The second kappa shape index (κ2) is 7.14. The Kier molecular flexibility index (Phi) is 4.77. The number of halogens is 1. The van der Waals surface area contributed by atoms with E-state index in [1.54, 1.807) is 36.4 Å². The highest BCUT2D eigenvalue weighted by Crippen LogP contribution is 2.20. The third-order valence-corrected chi connectivity index (χ3v) is 3.56. The maximum Gasteiger partial charge on any atom is 0.337 e. The Balaban J connectivity index is 1.63. The summed E-state index contributed by atoms with van der Waals surface area (Å²) < 4.78 is 10.3. The molecule has 0 saturated carbocycles. The molecule has 3 rings (SSSR count). The van der Waals surface area contributed by atoms with Gasteiger partial charge in [0.2, 0.25) is 11.8 Å². The second-order valence-corrected chi connectivity index (χ2v) is 5.37. The first-order chi connectivity index (χ1) is 11.7. The number of ether oxygens (including phenoxy) is 1. The second-order valence-electron chi connectivity index (χ2n) is 4.93. The van der Waals surface area contributed by atoms with Gasteiger partial charge in [-0.1, -0.05) is 11.6 Å². The van der Waals surface area contributed by atoms with Crippen molar-refractivity contribution in [1.29, 1.82) is 0 Å². The Morgan fingerprint density at radius 1 is 1.12 bits per heavy atom. The highest BCUT2D eigenvalue weighted by molar-refractivity contribution is 6.30. The monoisotopic (exact) mass is 343 g/mol. The summed E-state index contributed by atoms with van der Waals surface area (Å²) in [5.41, 5.74) is 2.13. The van der Waals surface area contributed by atoms with Crippen molar-refractivity contribution in [3.63, 3.8) is 0 Å². The number of anilines is 1. The minimum atomic E-state index is -0.369. The van der Waals surface area contributed by atoms with Crippen molar-refractivity contribution in [2.75, 3.05) is 12.4 Å². The first-order valence-corrected chi connectivity index (χ1v) is 7.54. The van der Waals surface area contributed by atoms with Crippen LogP contribution in [0.2, 0.25) is 5.02 Å². The number of hydrogen-bond donors (Lipinski definition) is 1. The summed E-state index contributed by atoms with van der Waals surface area (Å²) in [4.78, 5) is 11.4. The third kappa shape index (κ3) is 3.72.